The number of aryl methyl sites for hydroxylation is 3. The number of anilines is 2. The molecule has 0 aliphatic heterocycles. The Kier molecular flexibility index (Phi) is 6.65. The second-order valence-corrected chi connectivity index (χ2v) is 9.28. The Morgan fingerprint density at radius 2 is 1.55 bits per heavy atom. The Labute approximate surface area is 183 Å². The van der Waals surface area contributed by atoms with E-state index in [4.69, 9.17) is 4.74 Å². The van der Waals surface area contributed by atoms with Gasteiger partial charge in [0.25, 0.3) is 10.0 Å². The molecule has 0 saturated carbocycles. The van der Waals surface area contributed by atoms with Gasteiger partial charge in [-0.15, -0.1) is 0 Å². The fraction of sp³-hybridized carbons (Fsp3) is 0.208. The first-order valence-electron chi connectivity index (χ1n) is 9.81. The first-order valence-corrected chi connectivity index (χ1v) is 11.3. The van der Waals surface area contributed by atoms with Gasteiger partial charge in [-0.3, -0.25) is 9.10 Å². The van der Waals surface area contributed by atoms with Crippen LogP contribution in [0.1, 0.15) is 16.7 Å². The Balaban J connectivity index is 2.03. The number of sulfonamides is 1. The van der Waals surface area contributed by atoms with Gasteiger partial charge in [-0.05, 0) is 68.3 Å². The van der Waals surface area contributed by atoms with Gasteiger partial charge in [0.15, 0.2) is 0 Å². The van der Waals surface area contributed by atoms with E-state index < -0.39 is 22.5 Å². The van der Waals surface area contributed by atoms with Crippen LogP contribution in [-0.2, 0) is 14.8 Å². The second-order valence-electron chi connectivity index (χ2n) is 7.42. The number of hydrogen-bond acceptors (Lipinski definition) is 4. The Bertz CT molecular complexity index is 1190. The molecule has 3 aromatic rings. The summed E-state index contributed by atoms with van der Waals surface area (Å²) in [6.45, 7) is 5.25. The minimum atomic E-state index is -4.02. The minimum absolute atomic E-state index is 0.102. The SMILES string of the molecule is COc1ccc(C)cc1N(CC(=O)Nc1cccc(C)c1)S(=O)(=O)c1ccc(C)cc1. The average Bonchev–Trinajstić information content (AvgIpc) is 2.72. The second kappa shape index (κ2) is 9.22. The van der Waals surface area contributed by atoms with Crippen molar-refractivity contribution in [2.75, 3.05) is 23.3 Å². The highest BCUT2D eigenvalue weighted by molar-refractivity contribution is 7.92. The van der Waals surface area contributed by atoms with Crippen molar-refractivity contribution in [3.8, 4) is 5.75 Å². The van der Waals surface area contributed by atoms with Crippen molar-refractivity contribution in [1.82, 2.24) is 0 Å². The van der Waals surface area contributed by atoms with E-state index >= 15 is 0 Å². The van der Waals surface area contributed by atoms with Gasteiger partial charge < -0.3 is 10.1 Å². The molecule has 31 heavy (non-hydrogen) atoms. The van der Waals surface area contributed by atoms with Crippen LogP contribution in [0.25, 0.3) is 0 Å². The van der Waals surface area contributed by atoms with Gasteiger partial charge in [-0.25, -0.2) is 8.42 Å². The first-order chi connectivity index (χ1) is 14.7. The number of benzene rings is 3. The van der Waals surface area contributed by atoms with E-state index in [1.807, 2.05) is 45.0 Å². The molecule has 0 aliphatic carbocycles. The molecular weight excluding hydrogens is 412 g/mol. The number of rotatable bonds is 7. The number of nitrogens with one attached hydrogen (secondary N) is 1. The standard InChI is InChI=1S/C24H26N2O4S/c1-17-8-11-21(12-9-17)31(28,29)26(22-15-19(3)10-13-23(22)30-4)16-24(27)25-20-7-5-6-18(2)14-20/h5-15H,16H2,1-4H3,(H,25,27). The highest BCUT2D eigenvalue weighted by Crippen LogP contribution is 2.33. The molecule has 3 aromatic carbocycles. The maximum Gasteiger partial charge on any atom is 0.264 e. The summed E-state index contributed by atoms with van der Waals surface area (Å²) < 4.78 is 33.6. The Morgan fingerprint density at radius 3 is 2.19 bits per heavy atom. The van der Waals surface area contributed by atoms with Crippen LogP contribution in [0.5, 0.6) is 5.75 Å². The lowest BCUT2D eigenvalue weighted by Gasteiger charge is -2.26. The van der Waals surface area contributed by atoms with Crippen LogP contribution in [0.3, 0.4) is 0 Å². The Hall–Kier alpha value is -3.32. The Morgan fingerprint density at radius 1 is 0.903 bits per heavy atom. The smallest absolute Gasteiger partial charge is 0.264 e. The van der Waals surface area contributed by atoms with Crippen LogP contribution in [0, 0.1) is 20.8 Å². The van der Waals surface area contributed by atoms with Crippen LogP contribution in [-0.4, -0.2) is 28.0 Å². The minimum Gasteiger partial charge on any atom is -0.495 e. The fourth-order valence-corrected chi connectivity index (χ4v) is 4.61. The van der Waals surface area contributed by atoms with Crippen LogP contribution in [0.2, 0.25) is 0 Å². The molecule has 162 valence electrons. The predicted molar refractivity (Wildman–Crippen MR) is 123 cm³/mol. The highest BCUT2D eigenvalue weighted by Gasteiger charge is 2.29. The largest absolute Gasteiger partial charge is 0.495 e. The summed E-state index contributed by atoms with van der Waals surface area (Å²) in [5.74, 6) is -0.0884. The lowest BCUT2D eigenvalue weighted by molar-refractivity contribution is -0.114. The third-order valence-corrected chi connectivity index (χ3v) is 6.58. The number of methoxy groups -OCH3 is 1. The molecule has 0 radical (unpaired) electrons. The molecule has 0 saturated heterocycles. The van der Waals surface area contributed by atoms with Crippen LogP contribution < -0.4 is 14.4 Å². The summed E-state index contributed by atoms with van der Waals surface area (Å²) in [7, 11) is -2.55. The van der Waals surface area contributed by atoms with Gasteiger partial charge in [0, 0.05) is 5.69 Å². The number of amides is 1. The van der Waals surface area contributed by atoms with Gasteiger partial charge in [-0.1, -0.05) is 35.9 Å². The summed E-state index contributed by atoms with van der Waals surface area (Å²) in [6, 6.07) is 19.1. The van der Waals surface area contributed by atoms with Crippen LogP contribution in [0.15, 0.2) is 71.6 Å². The molecule has 1 amide bonds. The average molecular weight is 439 g/mol. The van der Waals surface area contributed by atoms with E-state index in [0.717, 1.165) is 21.0 Å². The zero-order valence-corrected chi connectivity index (χ0v) is 18.9. The predicted octanol–water partition coefficient (Wildman–Crippen LogP) is 4.45. The molecule has 1 N–H and O–H groups in total. The normalized spacial score (nSPS) is 11.1. The van der Waals surface area contributed by atoms with Gasteiger partial charge in [0.2, 0.25) is 5.91 Å². The fourth-order valence-electron chi connectivity index (χ4n) is 3.19. The number of ether oxygens (including phenoxy) is 1. The maximum absolute atomic E-state index is 13.6. The summed E-state index contributed by atoms with van der Waals surface area (Å²) >= 11 is 0. The topological polar surface area (TPSA) is 75.7 Å². The summed E-state index contributed by atoms with van der Waals surface area (Å²) in [6.07, 6.45) is 0. The molecule has 0 aromatic heterocycles. The van der Waals surface area contributed by atoms with Crippen LogP contribution >= 0.6 is 0 Å². The zero-order valence-electron chi connectivity index (χ0n) is 18.0. The zero-order chi connectivity index (χ0) is 22.6. The van der Waals surface area contributed by atoms with E-state index in [1.54, 1.807) is 42.5 Å². The highest BCUT2D eigenvalue weighted by atomic mass is 32.2. The number of carbonyl (C=O) groups is 1. The van der Waals surface area contributed by atoms with Gasteiger partial charge in [0.1, 0.15) is 12.3 Å². The quantitative estimate of drug-likeness (QED) is 0.591. The van der Waals surface area contributed by atoms with Crippen molar-refractivity contribution in [3.05, 3.63) is 83.4 Å². The number of hydrogen-bond donors (Lipinski definition) is 1. The van der Waals surface area contributed by atoms with Gasteiger partial charge in [0.05, 0.1) is 17.7 Å². The van der Waals surface area contributed by atoms with E-state index in [0.29, 0.717) is 17.1 Å². The van der Waals surface area contributed by atoms with E-state index in [1.165, 1.54) is 7.11 Å². The van der Waals surface area contributed by atoms with Crippen molar-refractivity contribution < 1.29 is 17.9 Å². The van der Waals surface area contributed by atoms with E-state index in [2.05, 4.69) is 5.32 Å². The summed E-state index contributed by atoms with van der Waals surface area (Å²) in [5, 5.41) is 2.78. The molecule has 7 heteroatoms. The van der Waals surface area contributed by atoms with Crippen LogP contribution in [0.4, 0.5) is 11.4 Å². The lowest BCUT2D eigenvalue weighted by Crippen LogP contribution is -2.38. The first kappa shape index (κ1) is 22.4. The number of nitrogens with zero attached hydrogens (tertiary/aromatic N) is 1. The molecule has 0 heterocycles. The molecule has 0 atom stereocenters. The van der Waals surface area contributed by atoms with Gasteiger partial charge in [-0.2, -0.15) is 0 Å². The molecule has 6 nitrogen and oxygen atoms in total. The molecule has 3 rings (SSSR count). The molecule has 0 fully saturated rings. The summed E-state index contributed by atoms with van der Waals surface area (Å²) in [5.41, 5.74) is 3.69. The molecule has 0 spiro atoms. The van der Waals surface area contributed by atoms with Crippen molar-refractivity contribution >= 4 is 27.3 Å². The van der Waals surface area contributed by atoms with Gasteiger partial charge >= 0.3 is 0 Å². The monoisotopic (exact) mass is 438 g/mol. The van der Waals surface area contributed by atoms with E-state index in [9.17, 15) is 13.2 Å². The van der Waals surface area contributed by atoms with Crippen molar-refractivity contribution in [2.45, 2.75) is 25.7 Å². The van der Waals surface area contributed by atoms with Crippen molar-refractivity contribution in [3.63, 3.8) is 0 Å². The van der Waals surface area contributed by atoms with E-state index in [-0.39, 0.29) is 4.90 Å². The molecular formula is C24H26N2O4S. The lowest BCUT2D eigenvalue weighted by atomic mass is 10.2. The molecule has 0 bridgehead atoms. The molecule has 0 unspecified atom stereocenters. The maximum atomic E-state index is 13.6. The van der Waals surface area contributed by atoms with Crippen molar-refractivity contribution in [1.29, 1.82) is 0 Å². The number of carbonyl (C=O) groups excluding carboxylic acids is 1. The summed E-state index contributed by atoms with van der Waals surface area (Å²) in [4.78, 5) is 13.0. The van der Waals surface area contributed by atoms with Crippen molar-refractivity contribution in [2.24, 2.45) is 0 Å². The third kappa shape index (κ3) is 5.24. The third-order valence-electron chi connectivity index (χ3n) is 4.80. The molecule has 0 aliphatic rings.